The number of nitrogens with two attached hydrogens (primary N) is 2. The number of hydrogen-bond acceptors (Lipinski definition) is 6. The smallest absolute Gasteiger partial charge is 0.311 e. The third-order valence-corrected chi connectivity index (χ3v) is 3.03. The molecule has 0 aliphatic rings. The third-order valence-electron chi connectivity index (χ3n) is 3.03. The predicted octanol–water partition coefficient (Wildman–Crippen LogP) is 1.69. The Morgan fingerprint density at radius 1 is 1.14 bits per heavy atom. The topological polar surface area (TPSA) is 120 Å². The fraction of sp³-hybridized carbons (Fsp3) is 0.214. The molecule has 1 heterocycles. The van der Waals surface area contributed by atoms with Gasteiger partial charge in [-0.1, -0.05) is 24.3 Å². The summed E-state index contributed by atoms with van der Waals surface area (Å²) in [4.78, 5) is 14.1. The lowest BCUT2D eigenvalue weighted by Gasteiger charge is -2.07. The van der Waals surface area contributed by atoms with Crippen LogP contribution in [0.5, 0.6) is 0 Å². The summed E-state index contributed by atoms with van der Waals surface area (Å²) in [7, 11) is 0. The van der Waals surface area contributed by atoms with Gasteiger partial charge in [-0.25, -0.2) is 4.98 Å². The second-order valence-electron chi connectivity index (χ2n) is 4.57. The average molecular weight is 287 g/mol. The maximum atomic E-state index is 10.7. The summed E-state index contributed by atoms with van der Waals surface area (Å²) >= 11 is 0. The van der Waals surface area contributed by atoms with Crippen LogP contribution in [0.2, 0.25) is 0 Å². The highest BCUT2D eigenvalue weighted by Gasteiger charge is 2.12. The van der Waals surface area contributed by atoms with Crippen molar-refractivity contribution in [3.05, 3.63) is 57.6 Å². The SMILES string of the molecule is NCCc1ccc(CNc2ccc([N+](=O)[O-])c(N)n2)cc1. The van der Waals surface area contributed by atoms with E-state index in [1.807, 2.05) is 24.3 Å². The van der Waals surface area contributed by atoms with Gasteiger partial charge >= 0.3 is 5.69 Å². The van der Waals surface area contributed by atoms with Crippen LogP contribution in [0.4, 0.5) is 17.3 Å². The van der Waals surface area contributed by atoms with Crippen molar-refractivity contribution in [2.24, 2.45) is 5.73 Å². The van der Waals surface area contributed by atoms with Crippen molar-refractivity contribution >= 4 is 17.3 Å². The number of anilines is 2. The van der Waals surface area contributed by atoms with E-state index in [9.17, 15) is 10.1 Å². The fourth-order valence-corrected chi connectivity index (χ4v) is 1.90. The Labute approximate surface area is 122 Å². The minimum Gasteiger partial charge on any atom is -0.378 e. The number of aromatic nitrogens is 1. The van der Waals surface area contributed by atoms with E-state index >= 15 is 0 Å². The van der Waals surface area contributed by atoms with Gasteiger partial charge in [-0.05, 0) is 30.2 Å². The molecule has 2 aromatic rings. The fourth-order valence-electron chi connectivity index (χ4n) is 1.90. The standard InChI is InChI=1S/C14H17N5O2/c15-8-7-10-1-3-11(4-2-10)9-17-13-6-5-12(19(20)21)14(16)18-13/h1-6H,7-9,15H2,(H3,16,17,18). The van der Waals surface area contributed by atoms with Crippen LogP contribution in [0.25, 0.3) is 0 Å². The molecule has 0 fully saturated rings. The van der Waals surface area contributed by atoms with Crippen LogP contribution in [-0.2, 0) is 13.0 Å². The number of rotatable bonds is 6. The van der Waals surface area contributed by atoms with Gasteiger partial charge in [0.15, 0.2) is 0 Å². The van der Waals surface area contributed by atoms with Crippen molar-refractivity contribution in [3.8, 4) is 0 Å². The summed E-state index contributed by atoms with van der Waals surface area (Å²) in [6.45, 7) is 1.19. The van der Waals surface area contributed by atoms with Crippen LogP contribution in [0.1, 0.15) is 11.1 Å². The second kappa shape index (κ2) is 6.67. The molecule has 5 N–H and O–H groups in total. The number of benzene rings is 1. The molecule has 0 unspecified atom stereocenters. The number of hydrogen-bond donors (Lipinski definition) is 3. The maximum absolute atomic E-state index is 10.7. The van der Waals surface area contributed by atoms with Crippen molar-refractivity contribution in [2.45, 2.75) is 13.0 Å². The van der Waals surface area contributed by atoms with Crippen LogP contribution < -0.4 is 16.8 Å². The molecule has 0 aliphatic carbocycles. The third kappa shape index (κ3) is 3.90. The number of nitro groups is 1. The molecule has 0 saturated carbocycles. The van der Waals surface area contributed by atoms with Gasteiger partial charge in [-0.2, -0.15) is 0 Å². The predicted molar refractivity (Wildman–Crippen MR) is 81.8 cm³/mol. The van der Waals surface area contributed by atoms with Gasteiger partial charge < -0.3 is 16.8 Å². The molecule has 0 spiro atoms. The Bertz CT molecular complexity index is 628. The molecule has 2 rings (SSSR count). The van der Waals surface area contributed by atoms with E-state index in [0.29, 0.717) is 18.9 Å². The van der Waals surface area contributed by atoms with Crippen molar-refractivity contribution in [2.75, 3.05) is 17.6 Å². The zero-order valence-electron chi connectivity index (χ0n) is 11.5. The van der Waals surface area contributed by atoms with Crippen LogP contribution in [0.3, 0.4) is 0 Å². The molecule has 7 nitrogen and oxygen atoms in total. The molecular weight excluding hydrogens is 270 g/mol. The first-order valence-electron chi connectivity index (χ1n) is 6.53. The quantitative estimate of drug-likeness (QED) is 0.549. The Morgan fingerprint density at radius 2 is 1.81 bits per heavy atom. The summed E-state index contributed by atoms with van der Waals surface area (Å²) in [5.74, 6) is 0.410. The molecule has 0 atom stereocenters. The van der Waals surface area contributed by atoms with Crippen LogP contribution in [0.15, 0.2) is 36.4 Å². The first kappa shape index (κ1) is 14.7. The highest BCUT2D eigenvalue weighted by atomic mass is 16.6. The lowest BCUT2D eigenvalue weighted by Crippen LogP contribution is -2.05. The van der Waals surface area contributed by atoms with Gasteiger partial charge in [0.05, 0.1) is 4.92 Å². The first-order valence-corrected chi connectivity index (χ1v) is 6.53. The molecule has 0 saturated heterocycles. The van der Waals surface area contributed by atoms with Gasteiger partial charge in [0, 0.05) is 12.6 Å². The van der Waals surface area contributed by atoms with Crippen LogP contribution in [-0.4, -0.2) is 16.5 Å². The number of nitrogens with one attached hydrogen (secondary N) is 1. The van der Waals surface area contributed by atoms with Crippen LogP contribution in [0, 0.1) is 10.1 Å². The lowest BCUT2D eigenvalue weighted by atomic mass is 10.1. The zero-order chi connectivity index (χ0) is 15.2. The lowest BCUT2D eigenvalue weighted by molar-refractivity contribution is -0.384. The van der Waals surface area contributed by atoms with E-state index < -0.39 is 4.92 Å². The number of pyridine rings is 1. The van der Waals surface area contributed by atoms with Gasteiger partial charge in [0.1, 0.15) is 5.82 Å². The molecule has 0 radical (unpaired) electrons. The largest absolute Gasteiger partial charge is 0.378 e. The van der Waals surface area contributed by atoms with E-state index in [0.717, 1.165) is 12.0 Å². The minimum absolute atomic E-state index is 0.0942. The summed E-state index contributed by atoms with van der Waals surface area (Å²) in [5, 5.41) is 13.7. The number of nitrogen functional groups attached to an aromatic ring is 1. The van der Waals surface area contributed by atoms with Gasteiger partial charge in [0.2, 0.25) is 5.82 Å². The highest BCUT2D eigenvalue weighted by Crippen LogP contribution is 2.21. The summed E-state index contributed by atoms with van der Waals surface area (Å²) in [5.41, 5.74) is 13.1. The van der Waals surface area contributed by atoms with E-state index in [2.05, 4.69) is 10.3 Å². The summed E-state index contributed by atoms with van der Waals surface area (Å²) in [6.07, 6.45) is 0.855. The van der Waals surface area contributed by atoms with Crippen molar-refractivity contribution < 1.29 is 4.92 Å². The zero-order valence-corrected chi connectivity index (χ0v) is 11.5. The van der Waals surface area contributed by atoms with Gasteiger partial charge in [-0.15, -0.1) is 0 Å². The molecule has 7 heteroatoms. The molecule has 0 aliphatic heterocycles. The number of nitrogens with zero attached hydrogens (tertiary/aromatic N) is 2. The Hall–Kier alpha value is -2.67. The monoisotopic (exact) mass is 287 g/mol. The Balaban J connectivity index is 1.99. The minimum atomic E-state index is -0.553. The molecule has 0 bridgehead atoms. The van der Waals surface area contributed by atoms with E-state index in [4.69, 9.17) is 11.5 Å². The van der Waals surface area contributed by atoms with Crippen molar-refractivity contribution in [1.82, 2.24) is 4.98 Å². The van der Waals surface area contributed by atoms with Gasteiger partial charge in [0.25, 0.3) is 0 Å². The molecule has 21 heavy (non-hydrogen) atoms. The normalized spacial score (nSPS) is 10.3. The second-order valence-corrected chi connectivity index (χ2v) is 4.57. The van der Waals surface area contributed by atoms with E-state index in [1.165, 1.54) is 17.7 Å². The van der Waals surface area contributed by atoms with Gasteiger partial charge in [-0.3, -0.25) is 10.1 Å². The van der Waals surface area contributed by atoms with E-state index in [-0.39, 0.29) is 11.5 Å². The van der Waals surface area contributed by atoms with Crippen molar-refractivity contribution in [3.63, 3.8) is 0 Å². The average Bonchev–Trinajstić information content (AvgIpc) is 2.46. The summed E-state index contributed by atoms with van der Waals surface area (Å²) in [6, 6.07) is 11.0. The maximum Gasteiger partial charge on any atom is 0.311 e. The van der Waals surface area contributed by atoms with Crippen molar-refractivity contribution in [1.29, 1.82) is 0 Å². The first-order chi connectivity index (χ1) is 10.1. The molecule has 1 aromatic carbocycles. The van der Waals surface area contributed by atoms with E-state index in [1.54, 1.807) is 0 Å². The molecule has 0 amide bonds. The Morgan fingerprint density at radius 3 is 2.38 bits per heavy atom. The Kier molecular flexibility index (Phi) is 4.68. The molecule has 1 aromatic heterocycles. The summed E-state index contributed by atoms with van der Waals surface area (Å²) < 4.78 is 0. The molecule has 110 valence electrons. The highest BCUT2D eigenvalue weighted by molar-refractivity contribution is 5.57. The molecular formula is C14H17N5O2. The van der Waals surface area contributed by atoms with Crippen LogP contribution >= 0.6 is 0 Å².